The van der Waals surface area contributed by atoms with Gasteiger partial charge >= 0.3 is 0 Å². The zero-order valence-corrected chi connectivity index (χ0v) is 7.77. The second kappa shape index (κ2) is 3.40. The van der Waals surface area contributed by atoms with E-state index >= 15 is 0 Å². The molecule has 1 nitrogen and oxygen atoms in total. The van der Waals surface area contributed by atoms with Crippen molar-refractivity contribution in [2.45, 2.75) is 12.8 Å². The van der Waals surface area contributed by atoms with Crippen LogP contribution in [-0.4, -0.2) is 22.2 Å². The maximum absolute atomic E-state index is 10.8. The molecule has 0 bridgehead atoms. The minimum atomic E-state index is 0.126. The van der Waals surface area contributed by atoms with E-state index in [1.807, 2.05) is 12.2 Å². The maximum atomic E-state index is 10.8. The summed E-state index contributed by atoms with van der Waals surface area (Å²) in [5.41, 5.74) is 0. The largest absolute Gasteiger partial charge is 0.290 e. The standard InChI is InChI=1S/C10H12OS/c11-9-3-5-10(6-4-9)12-7-1-2-8-12/h3-6H,1-2,7-8H2. The molecule has 1 saturated heterocycles. The summed E-state index contributed by atoms with van der Waals surface area (Å²) in [6, 6.07) is 0. The Hall–Kier alpha value is -0.630. The summed E-state index contributed by atoms with van der Waals surface area (Å²) >= 11 is 0. The van der Waals surface area contributed by atoms with Crippen LogP contribution in [0.2, 0.25) is 0 Å². The third-order valence-corrected chi connectivity index (χ3v) is 4.69. The quantitative estimate of drug-likeness (QED) is 0.520. The molecule has 1 fully saturated rings. The SMILES string of the molecule is O=C1C=CC(=S2CCCC2)C=C1. The van der Waals surface area contributed by atoms with Gasteiger partial charge in [-0.05, 0) is 53.5 Å². The van der Waals surface area contributed by atoms with Gasteiger partial charge in [-0.15, -0.1) is 0 Å². The first-order chi connectivity index (χ1) is 5.86. The molecule has 1 aliphatic carbocycles. The van der Waals surface area contributed by atoms with Crippen LogP contribution in [0, 0.1) is 0 Å². The van der Waals surface area contributed by atoms with Gasteiger partial charge in [-0.3, -0.25) is 4.79 Å². The number of allylic oxidation sites excluding steroid dienone is 4. The van der Waals surface area contributed by atoms with Crippen LogP contribution in [0.1, 0.15) is 12.8 Å². The second-order valence-electron chi connectivity index (χ2n) is 3.08. The number of rotatable bonds is 0. The van der Waals surface area contributed by atoms with Gasteiger partial charge in [0, 0.05) is 0 Å². The van der Waals surface area contributed by atoms with E-state index in [0.717, 1.165) is 0 Å². The van der Waals surface area contributed by atoms with Crippen LogP contribution in [0.15, 0.2) is 24.3 Å². The van der Waals surface area contributed by atoms with Crippen molar-refractivity contribution >= 4 is 21.1 Å². The Balaban J connectivity index is 2.24. The smallest absolute Gasteiger partial charge is 0.178 e. The van der Waals surface area contributed by atoms with Crippen LogP contribution in [0.25, 0.3) is 0 Å². The minimum absolute atomic E-state index is 0.126. The first kappa shape index (κ1) is 7.99. The molecule has 12 heavy (non-hydrogen) atoms. The molecular weight excluding hydrogens is 168 g/mol. The van der Waals surface area contributed by atoms with Crippen LogP contribution in [0.3, 0.4) is 0 Å². The number of hydrogen-bond donors (Lipinski definition) is 0. The normalized spacial score (nSPS) is 24.0. The Morgan fingerprint density at radius 2 is 1.58 bits per heavy atom. The molecule has 0 aromatic rings. The monoisotopic (exact) mass is 180 g/mol. The van der Waals surface area contributed by atoms with Gasteiger partial charge in [0.1, 0.15) is 0 Å². The molecule has 0 spiro atoms. The van der Waals surface area contributed by atoms with Gasteiger partial charge in [0.05, 0.1) is 0 Å². The first-order valence-corrected chi connectivity index (χ1v) is 5.87. The molecule has 0 N–H and O–H groups in total. The third-order valence-electron chi connectivity index (χ3n) is 2.19. The third kappa shape index (κ3) is 1.58. The number of carbonyl (C=O) groups excluding carboxylic acids is 1. The predicted octanol–water partition coefficient (Wildman–Crippen LogP) is 1.92. The van der Waals surface area contributed by atoms with Gasteiger partial charge in [0.15, 0.2) is 5.78 Å². The van der Waals surface area contributed by atoms with Crippen molar-refractivity contribution in [3.8, 4) is 0 Å². The maximum Gasteiger partial charge on any atom is 0.178 e. The summed E-state index contributed by atoms with van der Waals surface area (Å²) in [7, 11) is 0.462. The fourth-order valence-electron chi connectivity index (χ4n) is 1.52. The fourth-order valence-corrected chi connectivity index (χ4v) is 3.82. The molecular formula is C10H12OS. The topological polar surface area (TPSA) is 17.1 Å². The van der Waals surface area contributed by atoms with Crippen molar-refractivity contribution in [3.63, 3.8) is 0 Å². The van der Waals surface area contributed by atoms with Gasteiger partial charge < -0.3 is 0 Å². The Bertz CT molecular complexity index is 271. The van der Waals surface area contributed by atoms with E-state index in [2.05, 4.69) is 0 Å². The highest BCUT2D eigenvalue weighted by atomic mass is 32.2. The van der Waals surface area contributed by atoms with E-state index in [-0.39, 0.29) is 5.78 Å². The predicted molar refractivity (Wildman–Crippen MR) is 54.9 cm³/mol. The van der Waals surface area contributed by atoms with Crippen LogP contribution in [0.4, 0.5) is 0 Å². The second-order valence-corrected chi connectivity index (χ2v) is 5.35. The minimum Gasteiger partial charge on any atom is -0.290 e. The summed E-state index contributed by atoms with van der Waals surface area (Å²) in [4.78, 5) is 12.2. The zero-order chi connectivity index (χ0) is 8.39. The lowest BCUT2D eigenvalue weighted by Gasteiger charge is -2.05. The van der Waals surface area contributed by atoms with Crippen molar-refractivity contribution < 1.29 is 4.79 Å². The highest BCUT2D eigenvalue weighted by Crippen LogP contribution is 2.28. The lowest BCUT2D eigenvalue weighted by atomic mass is 10.2. The number of ketones is 1. The van der Waals surface area contributed by atoms with Crippen molar-refractivity contribution in [1.82, 2.24) is 0 Å². The highest BCUT2D eigenvalue weighted by molar-refractivity contribution is 8.16. The van der Waals surface area contributed by atoms with Gasteiger partial charge in [-0.2, -0.15) is 10.5 Å². The first-order valence-electron chi connectivity index (χ1n) is 4.31. The Morgan fingerprint density at radius 3 is 2.17 bits per heavy atom. The molecule has 64 valence electrons. The lowest BCUT2D eigenvalue weighted by Crippen LogP contribution is -2.00. The Kier molecular flexibility index (Phi) is 2.26. The van der Waals surface area contributed by atoms with Crippen molar-refractivity contribution in [2.75, 3.05) is 11.5 Å². The summed E-state index contributed by atoms with van der Waals surface area (Å²) in [6.07, 6.45) is 10.1. The lowest BCUT2D eigenvalue weighted by molar-refractivity contribution is -0.110. The summed E-state index contributed by atoms with van der Waals surface area (Å²) in [6.45, 7) is 0. The van der Waals surface area contributed by atoms with Crippen LogP contribution in [-0.2, 0) is 4.79 Å². The molecule has 0 aromatic carbocycles. The number of hydrogen-bond acceptors (Lipinski definition) is 1. The van der Waals surface area contributed by atoms with E-state index in [4.69, 9.17) is 0 Å². The van der Waals surface area contributed by atoms with E-state index in [1.165, 1.54) is 29.2 Å². The van der Waals surface area contributed by atoms with E-state index in [1.54, 1.807) is 12.2 Å². The Labute approximate surface area is 75.1 Å². The molecule has 2 rings (SSSR count). The van der Waals surface area contributed by atoms with Gasteiger partial charge in [-0.1, -0.05) is 0 Å². The number of carbonyl (C=O) groups is 1. The molecule has 0 unspecified atom stereocenters. The fraction of sp³-hybridized carbons (Fsp3) is 0.400. The molecule has 2 aliphatic rings. The van der Waals surface area contributed by atoms with Crippen molar-refractivity contribution in [2.24, 2.45) is 0 Å². The van der Waals surface area contributed by atoms with E-state index < -0.39 is 0 Å². The van der Waals surface area contributed by atoms with Gasteiger partial charge in [0.25, 0.3) is 0 Å². The molecule has 1 heterocycles. The molecule has 0 aromatic heterocycles. The van der Waals surface area contributed by atoms with Crippen molar-refractivity contribution in [1.29, 1.82) is 0 Å². The van der Waals surface area contributed by atoms with Gasteiger partial charge in [-0.25, -0.2) is 0 Å². The van der Waals surface area contributed by atoms with Crippen molar-refractivity contribution in [3.05, 3.63) is 24.3 Å². The van der Waals surface area contributed by atoms with E-state index in [0.29, 0.717) is 10.5 Å². The molecule has 0 amide bonds. The van der Waals surface area contributed by atoms with Crippen LogP contribution >= 0.6 is 10.5 Å². The average molecular weight is 180 g/mol. The van der Waals surface area contributed by atoms with Gasteiger partial charge in [0.2, 0.25) is 0 Å². The average Bonchev–Trinajstić information content (AvgIpc) is 2.58. The molecule has 0 saturated carbocycles. The molecule has 0 radical (unpaired) electrons. The highest BCUT2D eigenvalue weighted by Gasteiger charge is 2.09. The molecule has 0 atom stereocenters. The Morgan fingerprint density at radius 1 is 1.00 bits per heavy atom. The van der Waals surface area contributed by atoms with E-state index in [9.17, 15) is 4.79 Å². The van der Waals surface area contributed by atoms with Crippen LogP contribution < -0.4 is 0 Å². The molecule has 1 aliphatic heterocycles. The molecule has 2 heteroatoms. The summed E-state index contributed by atoms with van der Waals surface area (Å²) in [5, 5.41) is 0. The summed E-state index contributed by atoms with van der Waals surface area (Å²) < 4.78 is 0. The summed E-state index contributed by atoms with van der Waals surface area (Å²) in [5.74, 6) is 2.79. The zero-order valence-electron chi connectivity index (χ0n) is 6.95. The van der Waals surface area contributed by atoms with Crippen LogP contribution in [0.5, 0.6) is 0 Å².